The van der Waals surface area contributed by atoms with Crippen LogP contribution in [-0.2, 0) is 0 Å². The minimum atomic E-state index is -0.559. The molecule has 0 aromatic heterocycles. The Labute approximate surface area is 124 Å². The Morgan fingerprint density at radius 1 is 1.40 bits per heavy atom. The molecule has 1 fully saturated rings. The molecule has 1 aliphatic heterocycles. The van der Waals surface area contributed by atoms with Gasteiger partial charge in [0, 0.05) is 12.6 Å². The third-order valence-corrected chi connectivity index (χ3v) is 4.35. The summed E-state index contributed by atoms with van der Waals surface area (Å²) < 4.78 is 5.51. The van der Waals surface area contributed by atoms with E-state index in [1.165, 1.54) is 11.5 Å². The lowest BCUT2D eigenvalue weighted by molar-refractivity contribution is 0.103. The molecule has 1 heterocycles. The average Bonchev–Trinajstić information content (AvgIpc) is 2.52. The van der Waals surface area contributed by atoms with Gasteiger partial charge in [-0.25, -0.2) is 0 Å². The molecule has 1 aromatic rings. The fourth-order valence-corrected chi connectivity index (χ4v) is 3.24. The maximum Gasteiger partial charge on any atom is 0.137 e. The normalized spacial score (nSPS) is 17.4. The van der Waals surface area contributed by atoms with Gasteiger partial charge in [0.25, 0.3) is 0 Å². The first-order chi connectivity index (χ1) is 9.79. The predicted molar refractivity (Wildman–Crippen MR) is 81.0 cm³/mol. The summed E-state index contributed by atoms with van der Waals surface area (Å²) in [6, 6.07) is 9.66. The molecule has 0 bridgehead atoms. The quantitative estimate of drug-likeness (QED) is 0.837. The number of aliphatic hydroxyl groups is 1. The van der Waals surface area contributed by atoms with Gasteiger partial charge in [0.2, 0.25) is 0 Å². The first-order valence-corrected chi connectivity index (χ1v) is 8.06. The van der Waals surface area contributed by atoms with Gasteiger partial charge in [-0.05, 0) is 36.5 Å². The number of nitrogens with zero attached hydrogens (tertiary/aromatic N) is 1. The van der Waals surface area contributed by atoms with Gasteiger partial charge < -0.3 is 15.2 Å². The highest BCUT2D eigenvalue weighted by Gasteiger charge is 2.15. The lowest BCUT2D eigenvalue weighted by atomic mass is 10.1. The van der Waals surface area contributed by atoms with Crippen molar-refractivity contribution >= 4 is 11.8 Å². The van der Waals surface area contributed by atoms with Gasteiger partial charge in [-0.15, -0.1) is 0 Å². The van der Waals surface area contributed by atoms with Gasteiger partial charge in [-0.2, -0.15) is 17.0 Å². The van der Waals surface area contributed by atoms with E-state index in [9.17, 15) is 5.11 Å². The van der Waals surface area contributed by atoms with E-state index in [1.54, 1.807) is 18.2 Å². The highest BCUT2D eigenvalue weighted by atomic mass is 32.2. The van der Waals surface area contributed by atoms with Crippen LogP contribution in [0.1, 0.15) is 18.4 Å². The van der Waals surface area contributed by atoms with Gasteiger partial charge in [0.05, 0.1) is 5.56 Å². The number of nitrogens with one attached hydrogen (secondary N) is 1. The Kier molecular flexibility index (Phi) is 6.19. The summed E-state index contributed by atoms with van der Waals surface area (Å²) in [5, 5.41) is 22.3. The average molecular weight is 292 g/mol. The first kappa shape index (κ1) is 15.2. The van der Waals surface area contributed by atoms with E-state index < -0.39 is 6.10 Å². The number of aliphatic hydroxyl groups excluding tert-OH is 1. The molecule has 108 valence electrons. The smallest absolute Gasteiger partial charge is 0.137 e. The van der Waals surface area contributed by atoms with Crippen LogP contribution < -0.4 is 10.1 Å². The SMILES string of the molecule is N#Cc1ccccc1OCC(O)CNC1CCSCC1. The van der Waals surface area contributed by atoms with Crippen LogP contribution in [0.15, 0.2) is 24.3 Å². The summed E-state index contributed by atoms with van der Waals surface area (Å²) in [6.07, 6.45) is 1.77. The van der Waals surface area contributed by atoms with Gasteiger partial charge >= 0.3 is 0 Å². The molecule has 1 unspecified atom stereocenters. The van der Waals surface area contributed by atoms with Crippen molar-refractivity contribution < 1.29 is 9.84 Å². The fourth-order valence-electron chi connectivity index (χ4n) is 2.13. The van der Waals surface area contributed by atoms with Crippen molar-refractivity contribution in [1.82, 2.24) is 5.32 Å². The largest absolute Gasteiger partial charge is 0.489 e. The van der Waals surface area contributed by atoms with E-state index in [-0.39, 0.29) is 6.61 Å². The summed E-state index contributed by atoms with van der Waals surface area (Å²) in [6.45, 7) is 0.733. The molecule has 20 heavy (non-hydrogen) atoms. The summed E-state index contributed by atoms with van der Waals surface area (Å²) in [7, 11) is 0. The number of hydrogen-bond donors (Lipinski definition) is 2. The van der Waals surface area contributed by atoms with Crippen LogP contribution in [0.5, 0.6) is 5.75 Å². The molecule has 0 aliphatic carbocycles. The molecule has 5 heteroatoms. The maximum absolute atomic E-state index is 9.93. The van der Waals surface area contributed by atoms with Gasteiger partial charge in [0.1, 0.15) is 24.5 Å². The van der Waals surface area contributed by atoms with E-state index in [0.717, 1.165) is 12.8 Å². The summed E-state index contributed by atoms with van der Waals surface area (Å²) in [5.41, 5.74) is 0.497. The van der Waals surface area contributed by atoms with Gasteiger partial charge in [-0.3, -0.25) is 0 Å². The van der Waals surface area contributed by atoms with E-state index in [4.69, 9.17) is 10.00 Å². The van der Waals surface area contributed by atoms with Crippen molar-refractivity contribution in [3.8, 4) is 11.8 Å². The highest BCUT2D eigenvalue weighted by molar-refractivity contribution is 7.99. The summed E-state index contributed by atoms with van der Waals surface area (Å²) >= 11 is 1.99. The molecule has 2 N–H and O–H groups in total. The highest BCUT2D eigenvalue weighted by Crippen LogP contribution is 2.18. The van der Waals surface area contributed by atoms with E-state index in [0.29, 0.717) is 23.9 Å². The molecule has 0 saturated carbocycles. The van der Waals surface area contributed by atoms with E-state index in [2.05, 4.69) is 11.4 Å². The van der Waals surface area contributed by atoms with Gasteiger partial charge in [-0.1, -0.05) is 12.1 Å². The molecule has 1 atom stereocenters. The number of hydrogen-bond acceptors (Lipinski definition) is 5. The van der Waals surface area contributed by atoms with Crippen molar-refractivity contribution in [1.29, 1.82) is 5.26 Å². The zero-order chi connectivity index (χ0) is 14.2. The molecule has 1 aliphatic rings. The molecule has 1 saturated heterocycles. The number of ether oxygens (including phenoxy) is 1. The minimum Gasteiger partial charge on any atom is -0.489 e. The number of benzene rings is 1. The molecule has 0 amide bonds. The van der Waals surface area contributed by atoms with Crippen LogP contribution >= 0.6 is 11.8 Å². The van der Waals surface area contributed by atoms with Crippen molar-refractivity contribution in [2.45, 2.75) is 25.0 Å². The third-order valence-electron chi connectivity index (χ3n) is 3.30. The predicted octanol–water partition coefficient (Wildman–Crippen LogP) is 1.78. The zero-order valence-electron chi connectivity index (χ0n) is 11.4. The Bertz CT molecular complexity index is 455. The monoisotopic (exact) mass is 292 g/mol. The minimum absolute atomic E-state index is 0.202. The molecular formula is C15H20N2O2S. The Morgan fingerprint density at radius 3 is 2.90 bits per heavy atom. The Hall–Kier alpha value is -1.22. The van der Waals surface area contributed by atoms with Crippen molar-refractivity contribution in [3.63, 3.8) is 0 Å². The molecule has 1 aromatic carbocycles. The second-order valence-corrected chi connectivity index (χ2v) is 6.09. The number of para-hydroxylation sites is 1. The van der Waals surface area contributed by atoms with Crippen molar-refractivity contribution in [2.24, 2.45) is 0 Å². The van der Waals surface area contributed by atoms with Crippen LogP contribution in [0, 0.1) is 11.3 Å². The topological polar surface area (TPSA) is 65.3 Å². The van der Waals surface area contributed by atoms with Crippen LogP contribution in [0.2, 0.25) is 0 Å². The number of nitriles is 1. The maximum atomic E-state index is 9.93. The molecule has 2 rings (SSSR count). The molecule has 0 radical (unpaired) electrons. The van der Waals surface area contributed by atoms with E-state index in [1.807, 2.05) is 17.8 Å². The number of thioether (sulfide) groups is 1. The standard InChI is InChI=1S/C15H20N2O2S/c16-9-12-3-1-2-4-15(12)19-11-14(18)10-17-13-5-7-20-8-6-13/h1-4,13-14,17-18H,5-8,10-11H2. The Balaban J connectivity index is 1.72. The number of rotatable bonds is 6. The second kappa shape index (κ2) is 8.15. The first-order valence-electron chi connectivity index (χ1n) is 6.90. The van der Waals surface area contributed by atoms with Crippen molar-refractivity contribution in [2.75, 3.05) is 24.7 Å². The van der Waals surface area contributed by atoms with E-state index >= 15 is 0 Å². The fraction of sp³-hybridized carbons (Fsp3) is 0.533. The van der Waals surface area contributed by atoms with Crippen LogP contribution in [-0.4, -0.2) is 41.9 Å². The summed E-state index contributed by atoms with van der Waals surface area (Å²) in [5.74, 6) is 2.92. The summed E-state index contributed by atoms with van der Waals surface area (Å²) in [4.78, 5) is 0. The Morgan fingerprint density at radius 2 is 2.15 bits per heavy atom. The van der Waals surface area contributed by atoms with Crippen LogP contribution in [0.3, 0.4) is 0 Å². The van der Waals surface area contributed by atoms with Crippen LogP contribution in [0.4, 0.5) is 0 Å². The van der Waals surface area contributed by atoms with Crippen LogP contribution in [0.25, 0.3) is 0 Å². The second-order valence-electron chi connectivity index (χ2n) is 4.87. The lowest BCUT2D eigenvalue weighted by Gasteiger charge is -2.24. The molecule has 0 spiro atoms. The molecule has 4 nitrogen and oxygen atoms in total. The lowest BCUT2D eigenvalue weighted by Crippen LogP contribution is -2.39. The van der Waals surface area contributed by atoms with Crippen molar-refractivity contribution in [3.05, 3.63) is 29.8 Å². The third kappa shape index (κ3) is 4.71. The van der Waals surface area contributed by atoms with Gasteiger partial charge in [0.15, 0.2) is 0 Å². The zero-order valence-corrected chi connectivity index (χ0v) is 12.2. The molecular weight excluding hydrogens is 272 g/mol.